The normalized spacial score (nSPS) is 10.4. The third-order valence-corrected chi connectivity index (χ3v) is 3.70. The third-order valence-electron chi connectivity index (χ3n) is 2.78. The molecule has 0 aromatic heterocycles. The summed E-state index contributed by atoms with van der Waals surface area (Å²) in [4.78, 5) is 12.3. The van der Waals surface area contributed by atoms with E-state index in [0.717, 1.165) is 11.6 Å². The Bertz CT molecular complexity index is 648. The summed E-state index contributed by atoms with van der Waals surface area (Å²) in [6, 6.07) is 7.55. The lowest BCUT2D eigenvalue weighted by Gasteiger charge is -2.12. The lowest BCUT2D eigenvalue weighted by atomic mass is 10.1. The van der Waals surface area contributed by atoms with Crippen LogP contribution in [-0.2, 0) is 0 Å². The topological polar surface area (TPSA) is 55.1 Å². The Morgan fingerprint density at radius 2 is 2.10 bits per heavy atom. The van der Waals surface area contributed by atoms with Gasteiger partial charge in [-0.3, -0.25) is 4.79 Å². The summed E-state index contributed by atoms with van der Waals surface area (Å²) in [5, 5.41) is 2.75. The predicted octanol–water partition coefficient (Wildman–Crippen LogP) is 4.38. The molecule has 0 aliphatic carbocycles. The summed E-state index contributed by atoms with van der Waals surface area (Å²) in [6.45, 7) is 1.78. The van der Waals surface area contributed by atoms with E-state index in [1.165, 1.54) is 6.07 Å². The molecular formula is C14H11BrClFN2O. The summed E-state index contributed by atoms with van der Waals surface area (Å²) >= 11 is 9.10. The van der Waals surface area contributed by atoms with Crippen LogP contribution in [0.2, 0.25) is 5.02 Å². The predicted molar refractivity (Wildman–Crippen MR) is 82.7 cm³/mol. The van der Waals surface area contributed by atoms with Crippen LogP contribution in [0.15, 0.2) is 34.8 Å². The second-order valence-corrected chi connectivity index (χ2v) is 5.50. The van der Waals surface area contributed by atoms with Gasteiger partial charge >= 0.3 is 0 Å². The van der Waals surface area contributed by atoms with Crippen LogP contribution in [-0.4, -0.2) is 5.91 Å². The molecule has 20 heavy (non-hydrogen) atoms. The number of hydrogen-bond donors (Lipinski definition) is 2. The third kappa shape index (κ3) is 2.94. The van der Waals surface area contributed by atoms with Gasteiger partial charge in [0.05, 0.1) is 16.3 Å². The van der Waals surface area contributed by atoms with E-state index in [1.54, 1.807) is 25.1 Å². The molecule has 0 spiro atoms. The molecule has 0 aliphatic rings. The van der Waals surface area contributed by atoms with Gasteiger partial charge in [-0.15, -0.1) is 0 Å². The van der Waals surface area contributed by atoms with Crippen molar-refractivity contribution in [1.82, 2.24) is 0 Å². The zero-order valence-electron chi connectivity index (χ0n) is 10.5. The number of rotatable bonds is 2. The second kappa shape index (κ2) is 5.81. The van der Waals surface area contributed by atoms with Crippen LogP contribution in [0.5, 0.6) is 0 Å². The van der Waals surface area contributed by atoms with Crippen molar-refractivity contribution in [3.63, 3.8) is 0 Å². The van der Waals surface area contributed by atoms with Crippen LogP contribution in [0.4, 0.5) is 15.8 Å². The first kappa shape index (κ1) is 14.8. The number of carbonyl (C=O) groups is 1. The molecular weight excluding hydrogens is 347 g/mol. The Morgan fingerprint density at radius 1 is 1.40 bits per heavy atom. The molecule has 2 aromatic carbocycles. The zero-order valence-corrected chi connectivity index (χ0v) is 12.8. The number of benzene rings is 2. The maximum Gasteiger partial charge on any atom is 0.258 e. The molecule has 0 saturated carbocycles. The fraction of sp³-hybridized carbons (Fsp3) is 0.0714. The summed E-state index contributed by atoms with van der Waals surface area (Å²) in [5.41, 5.74) is 7.61. The number of nitrogen functional groups attached to an aromatic ring is 1. The van der Waals surface area contributed by atoms with Gasteiger partial charge in [0.1, 0.15) is 5.82 Å². The lowest BCUT2D eigenvalue weighted by Crippen LogP contribution is -2.16. The molecule has 6 heteroatoms. The Labute approximate surface area is 129 Å². The van der Waals surface area contributed by atoms with Crippen LogP contribution < -0.4 is 11.1 Å². The monoisotopic (exact) mass is 356 g/mol. The number of amides is 1. The highest BCUT2D eigenvalue weighted by Gasteiger charge is 2.16. The van der Waals surface area contributed by atoms with Crippen molar-refractivity contribution in [2.24, 2.45) is 0 Å². The van der Waals surface area contributed by atoms with Gasteiger partial charge < -0.3 is 11.1 Å². The number of anilines is 2. The van der Waals surface area contributed by atoms with Crippen LogP contribution >= 0.6 is 27.5 Å². The minimum atomic E-state index is -0.490. The maximum atomic E-state index is 13.1. The Kier molecular flexibility index (Phi) is 4.30. The fourth-order valence-electron chi connectivity index (χ4n) is 1.84. The summed E-state index contributed by atoms with van der Waals surface area (Å²) < 4.78 is 13.5. The molecule has 0 atom stereocenters. The minimum absolute atomic E-state index is 0.109. The highest BCUT2D eigenvalue weighted by atomic mass is 79.9. The summed E-state index contributed by atoms with van der Waals surface area (Å²) in [6.07, 6.45) is 0. The quantitative estimate of drug-likeness (QED) is 0.783. The van der Waals surface area contributed by atoms with Crippen LogP contribution in [0, 0.1) is 12.7 Å². The van der Waals surface area contributed by atoms with Gasteiger partial charge in [-0.1, -0.05) is 23.7 Å². The molecule has 104 valence electrons. The molecule has 3 nitrogen and oxygen atoms in total. The van der Waals surface area contributed by atoms with Crippen molar-refractivity contribution >= 4 is 44.8 Å². The standard InChI is InChI=1S/C14H11BrClFN2O/c1-7-3-2-4-11(18)12(7)14(20)19-13-9(15)5-8(17)6-10(13)16/h2-6H,18H2,1H3,(H,19,20). The smallest absolute Gasteiger partial charge is 0.258 e. The first-order valence-corrected chi connectivity index (χ1v) is 6.88. The van der Waals surface area contributed by atoms with E-state index >= 15 is 0 Å². The van der Waals surface area contributed by atoms with Crippen molar-refractivity contribution in [2.75, 3.05) is 11.1 Å². The van der Waals surface area contributed by atoms with Gasteiger partial charge in [-0.05, 0) is 46.6 Å². The Hall–Kier alpha value is -1.59. The molecule has 0 saturated heterocycles. The van der Waals surface area contributed by atoms with Gasteiger partial charge in [0.25, 0.3) is 5.91 Å². The number of hydrogen-bond acceptors (Lipinski definition) is 2. The largest absolute Gasteiger partial charge is 0.398 e. The fourth-order valence-corrected chi connectivity index (χ4v) is 2.74. The van der Waals surface area contributed by atoms with E-state index in [0.29, 0.717) is 21.4 Å². The molecule has 0 fully saturated rings. The minimum Gasteiger partial charge on any atom is -0.398 e. The molecule has 0 bridgehead atoms. The molecule has 0 radical (unpaired) electrons. The maximum absolute atomic E-state index is 13.1. The van der Waals surface area contributed by atoms with E-state index in [2.05, 4.69) is 21.2 Å². The van der Waals surface area contributed by atoms with Crippen molar-refractivity contribution in [1.29, 1.82) is 0 Å². The molecule has 1 amide bonds. The average molecular weight is 358 g/mol. The summed E-state index contributed by atoms with van der Waals surface area (Å²) in [5.74, 6) is -0.884. The molecule has 3 N–H and O–H groups in total. The molecule has 0 unspecified atom stereocenters. The van der Waals surface area contributed by atoms with Crippen LogP contribution in [0.25, 0.3) is 0 Å². The molecule has 0 heterocycles. The average Bonchev–Trinajstić information content (AvgIpc) is 2.33. The van der Waals surface area contributed by atoms with E-state index in [1.807, 2.05) is 0 Å². The number of halogens is 3. The van der Waals surface area contributed by atoms with Gasteiger partial charge in [0, 0.05) is 10.2 Å². The lowest BCUT2D eigenvalue weighted by molar-refractivity contribution is 0.102. The molecule has 0 aliphatic heterocycles. The highest BCUT2D eigenvalue weighted by Crippen LogP contribution is 2.32. The van der Waals surface area contributed by atoms with E-state index < -0.39 is 11.7 Å². The zero-order chi connectivity index (χ0) is 14.9. The van der Waals surface area contributed by atoms with E-state index in [4.69, 9.17) is 17.3 Å². The van der Waals surface area contributed by atoms with Gasteiger partial charge in [0.15, 0.2) is 0 Å². The number of aryl methyl sites for hydroxylation is 1. The number of nitrogens with one attached hydrogen (secondary N) is 1. The SMILES string of the molecule is Cc1cccc(N)c1C(=O)Nc1c(Cl)cc(F)cc1Br. The van der Waals surface area contributed by atoms with Gasteiger partial charge in [-0.2, -0.15) is 0 Å². The second-order valence-electron chi connectivity index (χ2n) is 4.24. The van der Waals surface area contributed by atoms with Crippen LogP contribution in [0.1, 0.15) is 15.9 Å². The van der Waals surface area contributed by atoms with Crippen molar-refractivity contribution in [2.45, 2.75) is 6.92 Å². The van der Waals surface area contributed by atoms with E-state index in [-0.39, 0.29) is 5.02 Å². The molecule has 2 aromatic rings. The number of carbonyl (C=O) groups excluding carboxylic acids is 1. The molecule has 2 rings (SSSR count). The summed E-state index contributed by atoms with van der Waals surface area (Å²) in [7, 11) is 0. The van der Waals surface area contributed by atoms with Crippen molar-refractivity contribution < 1.29 is 9.18 Å². The Balaban J connectivity index is 2.38. The first-order chi connectivity index (χ1) is 9.40. The Morgan fingerprint density at radius 3 is 2.70 bits per heavy atom. The van der Waals surface area contributed by atoms with Crippen molar-refractivity contribution in [3.8, 4) is 0 Å². The van der Waals surface area contributed by atoms with E-state index in [9.17, 15) is 9.18 Å². The van der Waals surface area contributed by atoms with Gasteiger partial charge in [-0.25, -0.2) is 4.39 Å². The first-order valence-electron chi connectivity index (χ1n) is 5.71. The van der Waals surface area contributed by atoms with Crippen molar-refractivity contribution in [3.05, 3.63) is 56.8 Å². The highest BCUT2D eigenvalue weighted by molar-refractivity contribution is 9.10. The van der Waals surface area contributed by atoms with Crippen LogP contribution in [0.3, 0.4) is 0 Å². The number of nitrogens with two attached hydrogens (primary N) is 1. The van der Waals surface area contributed by atoms with Gasteiger partial charge in [0.2, 0.25) is 0 Å².